The predicted molar refractivity (Wildman–Crippen MR) is 110 cm³/mol. The van der Waals surface area contributed by atoms with Crippen molar-refractivity contribution in [2.45, 2.75) is 25.2 Å². The van der Waals surface area contributed by atoms with Gasteiger partial charge in [0.05, 0.1) is 6.21 Å². The Morgan fingerprint density at radius 1 is 1.23 bits per heavy atom. The normalized spacial score (nSPS) is 19.5. The minimum absolute atomic E-state index is 0.101. The highest BCUT2D eigenvalue weighted by Crippen LogP contribution is 2.33. The van der Waals surface area contributed by atoms with Gasteiger partial charge in [-0.2, -0.15) is 5.10 Å². The number of imidazole rings is 1. The van der Waals surface area contributed by atoms with E-state index in [0.717, 1.165) is 12.0 Å². The van der Waals surface area contributed by atoms with Crippen molar-refractivity contribution >= 4 is 29.7 Å². The van der Waals surface area contributed by atoms with Crippen molar-refractivity contribution in [3.05, 3.63) is 48.0 Å². The lowest BCUT2D eigenvalue weighted by Gasteiger charge is -2.20. The van der Waals surface area contributed by atoms with Crippen LogP contribution in [0.15, 0.2) is 41.8 Å². The van der Waals surface area contributed by atoms with Crippen molar-refractivity contribution in [1.29, 1.82) is 0 Å². The van der Waals surface area contributed by atoms with E-state index in [4.69, 9.17) is 5.84 Å². The van der Waals surface area contributed by atoms with Crippen LogP contribution in [0.25, 0.3) is 0 Å². The maximum Gasteiger partial charge on any atom is 0.316 e. The predicted octanol–water partition coefficient (Wildman–Crippen LogP) is 1.04. The zero-order valence-electron chi connectivity index (χ0n) is 16.2. The smallest absolute Gasteiger partial charge is 0.316 e. The van der Waals surface area contributed by atoms with Crippen molar-refractivity contribution in [3.63, 3.8) is 0 Å². The monoisotopic (exact) mass is 412 g/mol. The number of nitrogens with one attached hydrogen (secondary N) is 3. The third-order valence-corrected chi connectivity index (χ3v) is 5.22. The molecule has 1 aromatic carbocycles. The zero-order chi connectivity index (χ0) is 21.5. The van der Waals surface area contributed by atoms with Crippen LogP contribution in [0.5, 0.6) is 0 Å². The summed E-state index contributed by atoms with van der Waals surface area (Å²) in [5.74, 6) is 1.80. The Labute approximate surface area is 173 Å². The fourth-order valence-electron chi connectivity index (χ4n) is 3.66. The van der Waals surface area contributed by atoms with Gasteiger partial charge in [-0.25, -0.2) is 4.98 Å². The number of carbonyl (C=O) groups excluding carboxylic acids is 2. The SMILES string of the molecule is NN=Cc1ccc(NC(=O)C2CCCC2C(=O)NCC(C(=O)O)c2ncc[nH]2)cc1. The molecule has 1 aliphatic carbocycles. The number of hydrogen-bond donors (Lipinski definition) is 5. The minimum atomic E-state index is -1.09. The fraction of sp³-hybridized carbons (Fsp3) is 0.350. The van der Waals surface area contributed by atoms with Crippen molar-refractivity contribution in [3.8, 4) is 0 Å². The van der Waals surface area contributed by atoms with Gasteiger partial charge < -0.3 is 26.6 Å². The van der Waals surface area contributed by atoms with E-state index in [-0.39, 0.29) is 24.2 Å². The molecule has 6 N–H and O–H groups in total. The number of amides is 2. The lowest BCUT2D eigenvalue weighted by atomic mass is 9.94. The quantitative estimate of drug-likeness (QED) is 0.247. The molecule has 1 heterocycles. The molecule has 10 heteroatoms. The summed E-state index contributed by atoms with van der Waals surface area (Å²) >= 11 is 0. The summed E-state index contributed by atoms with van der Waals surface area (Å²) < 4.78 is 0. The number of aromatic amines is 1. The van der Waals surface area contributed by atoms with Gasteiger partial charge in [0, 0.05) is 36.5 Å². The Kier molecular flexibility index (Phi) is 6.79. The average molecular weight is 412 g/mol. The molecule has 30 heavy (non-hydrogen) atoms. The first kappa shape index (κ1) is 21.0. The minimum Gasteiger partial charge on any atom is -0.481 e. The second-order valence-corrected chi connectivity index (χ2v) is 7.14. The first-order chi connectivity index (χ1) is 14.5. The second kappa shape index (κ2) is 9.68. The number of rotatable bonds is 8. The van der Waals surface area contributed by atoms with Crippen molar-refractivity contribution < 1.29 is 19.5 Å². The fourth-order valence-corrected chi connectivity index (χ4v) is 3.66. The van der Waals surface area contributed by atoms with Crippen molar-refractivity contribution in [1.82, 2.24) is 15.3 Å². The van der Waals surface area contributed by atoms with Crippen LogP contribution in [0.3, 0.4) is 0 Å². The summed E-state index contributed by atoms with van der Waals surface area (Å²) in [5, 5.41) is 18.4. The first-order valence-corrected chi connectivity index (χ1v) is 9.63. The number of carboxylic acids is 1. The van der Waals surface area contributed by atoms with Gasteiger partial charge in [0.2, 0.25) is 11.8 Å². The van der Waals surface area contributed by atoms with Gasteiger partial charge in [0.1, 0.15) is 11.7 Å². The Hall–Kier alpha value is -3.69. The molecule has 1 fully saturated rings. The highest BCUT2D eigenvalue weighted by atomic mass is 16.4. The number of carbonyl (C=O) groups is 3. The molecule has 0 bridgehead atoms. The number of H-pyrrole nitrogens is 1. The summed E-state index contributed by atoms with van der Waals surface area (Å²) in [6, 6.07) is 7.01. The molecule has 1 saturated carbocycles. The maximum atomic E-state index is 12.7. The van der Waals surface area contributed by atoms with E-state index in [2.05, 4.69) is 25.7 Å². The molecule has 1 aromatic heterocycles. The van der Waals surface area contributed by atoms with Gasteiger partial charge >= 0.3 is 5.97 Å². The number of nitrogens with two attached hydrogens (primary N) is 1. The van der Waals surface area contributed by atoms with Crippen molar-refractivity contribution in [2.24, 2.45) is 22.8 Å². The summed E-state index contributed by atoms with van der Waals surface area (Å²) in [4.78, 5) is 43.6. The number of hydrazone groups is 1. The van der Waals surface area contributed by atoms with E-state index in [1.807, 2.05) is 0 Å². The van der Waals surface area contributed by atoms with Crippen LogP contribution >= 0.6 is 0 Å². The van der Waals surface area contributed by atoms with E-state index in [9.17, 15) is 19.5 Å². The number of benzene rings is 1. The first-order valence-electron chi connectivity index (χ1n) is 9.63. The Balaban J connectivity index is 1.59. The van der Waals surface area contributed by atoms with E-state index >= 15 is 0 Å². The molecule has 3 rings (SSSR count). The van der Waals surface area contributed by atoms with E-state index < -0.39 is 23.7 Å². The number of aliphatic carboxylic acids is 1. The molecule has 2 amide bonds. The molecule has 3 unspecified atom stereocenters. The zero-order valence-corrected chi connectivity index (χ0v) is 16.2. The number of aromatic nitrogens is 2. The van der Waals surface area contributed by atoms with Crippen molar-refractivity contribution in [2.75, 3.05) is 11.9 Å². The van der Waals surface area contributed by atoms with Gasteiger partial charge in [-0.05, 0) is 30.5 Å². The van der Waals surface area contributed by atoms with Crippen LogP contribution < -0.4 is 16.5 Å². The topological polar surface area (TPSA) is 163 Å². The van der Waals surface area contributed by atoms with E-state index in [0.29, 0.717) is 18.5 Å². The molecule has 158 valence electrons. The van der Waals surface area contributed by atoms with Crippen LogP contribution in [-0.2, 0) is 14.4 Å². The average Bonchev–Trinajstić information content (AvgIpc) is 3.41. The maximum absolute atomic E-state index is 12.7. The van der Waals surface area contributed by atoms with Gasteiger partial charge in [-0.3, -0.25) is 14.4 Å². The Morgan fingerprint density at radius 2 is 1.93 bits per heavy atom. The number of carboxylic acid groups (broad SMARTS) is 1. The molecule has 3 atom stereocenters. The molecular formula is C20H24N6O4. The molecule has 1 aliphatic rings. The lowest BCUT2D eigenvalue weighted by molar-refractivity contribution is -0.139. The van der Waals surface area contributed by atoms with E-state index in [1.165, 1.54) is 18.6 Å². The van der Waals surface area contributed by atoms with Crippen LogP contribution in [0.2, 0.25) is 0 Å². The van der Waals surface area contributed by atoms with Crippen LogP contribution in [0.1, 0.15) is 36.6 Å². The van der Waals surface area contributed by atoms with Gasteiger partial charge in [0.15, 0.2) is 0 Å². The third-order valence-electron chi connectivity index (χ3n) is 5.22. The molecule has 0 aliphatic heterocycles. The molecule has 0 spiro atoms. The van der Waals surface area contributed by atoms with Gasteiger partial charge in [-0.15, -0.1) is 0 Å². The van der Waals surface area contributed by atoms with Crippen LogP contribution in [0.4, 0.5) is 5.69 Å². The van der Waals surface area contributed by atoms with E-state index in [1.54, 1.807) is 24.3 Å². The highest BCUT2D eigenvalue weighted by Gasteiger charge is 2.38. The number of nitrogens with zero attached hydrogens (tertiary/aromatic N) is 2. The molecule has 0 saturated heterocycles. The van der Waals surface area contributed by atoms with Crippen LogP contribution in [-0.4, -0.2) is 45.6 Å². The largest absolute Gasteiger partial charge is 0.481 e. The summed E-state index contributed by atoms with van der Waals surface area (Å²) in [6.07, 6.45) is 6.41. The summed E-state index contributed by atoms with van der Waals surface area (Å²) in [6.45, 7) is -0.101. The Bertz CT molecular complexity index is 910. The standard InChI is InChI=1S/C20H24N6O4/c21-25-10-12-4-6-13(7-5-12)26-19(28)15-3-1-2-14(15)18(27)24-11-16(20(29)30)17-22-8-9-23-17/h4-10,14-16H,1-3,11,21H2,(H,22,23)(H,24,27)(H,26,28)(H,29,30). The molecule has 10 nitrogen and oxygen atoms in total. The summed E-state index contributed by atoms with van der Waals surface area (Å²) in [5.41, 5.74) is 1.42. The number of anilines is 1. The summed E-state index contributed by atoms with van der Waals surface area (Å²) in [7, 11) is 0. The third kappa shape index (κ3) is 5.02. The molecule has 2 aromatic rings. The Morgan fingerprint density at radius 3 is 2.53 bits per heavy atom. The molecule has 0 radical (unpaired) electrons. The van der Waals surface area contributed by atoms with Gasteiger partial charge in [-0.1, -0.05) is 18.6 Å². The number of hydrogen-bond acceptors (Lipinski definition) is 6. The lowest BCUT2D eigenvalue weighted by Crippen LogP contribution is -2.40. The second-order valence-electron chi connectivity index (χ2n) is 7.14. The van der Waals surface area contributed by atoms with Crippen LogP contribution in [0, 0.1) is 11.8 Å². The highest BCUT2D eigenvalue weighted by molar-refractivity contribution is 5.96. The molecular weight excluding hydrogens is 388 g/mol. The van der Waals surface area contributed by atoms with Gasteiger partial charge in [0.25, 0.3) is 0 Å².